The summed E-state index contributed by atoms with van der Waals surface area (Å²) in [5.74, 6) is 0.793. The number of nitrogens with zero attached hydrogens (tertiary/aromatic N) is 6. The highest BCUT2D eigenvalue weighted by molar-refractivity contribution is 6.30. The summed E-state index contributed by atoms with van der Waals surface area (Å²) in [6, 6.07) is 6.27. The highest BCUT2D eigenvalue weighted by Gasteiger charge is 2.34. The van der Waals surface area contributed by atoms with Gasteiger partial charge in [-0.1, -0.05) is 18.5 Å². The summed E-state index contributed by atoms with van der Waals surface area (Å²) < 4.78 is 30.3. The fourth-order valence-electron chi connectivity index (χ4n) is 5.73. The summed E-state index contributed by atoms with van der Waals surface area (Å²) in [5.41, 5.74) is 1.99. The molecule has 0 unspecified atom stereocenters. The van der Waals surface area contributed by atoms with Gasteiger partial charge in [-0.25, -0.2) is 14.4 Å². The number of halogens is 2. The second kappa shape index (κ2) is 9.39. The Bertz CT molecular complexity index is 1650. The zero-order valence-electron chi connectivity index (χ0n) is 21.6. The molecule has 0 N–H and O–H groups in total. The van der Waals surface area contributed by atoms with E-state index >= 15 is 4.39 Å². The van der Waals surface area contributed by atoms with Gasteiger partial charge >= 0.3 is 0 Å². The lowest BCUT2D eigenvalue weighted by atomic mass is 9.89. The molecule has 0 aliphatic carbocycles. The summed E-state index contributed by atoms with van der Waals surface area (Å²) >= 11 is 6.04. The van der Waals surface area contributed by atoms with Crippen molar-refractivity contribution in [1.82, 2.24) is 24.3 Å². The molecule has 3 aromatic heterocycles. The molecular weight excluding hydrogens is 523 g/mol. The van der Waals surface area contributed by atoms with Crippen LogP contribution in [-0.2, 0) is 29.0 Å². The standard InChI is InChI=1S/C28H28ClFN6O3/c1-28(15-38-16-28)14-35-12-17(11-31-35)22-13-34(7-8-39-22)24-10-20-26(32-23-3-2-6-36(23)27(20)37)25(33-24)19-5-4-18(29)9-21(19)30/h4-5,9-12,22H,2-3,6-8,13-16H2,1H3/t22-/m1/s1. The molecule has 11 heteroatoms. The van der Waals surface area contributed by atoms with Crippen LogP contribution >= 0.6 is 11.6 Å². The lowest BCUT2D eigenvalue weighted by molar-refractivity contribution is -0.111. The number of aromatic nitrogens is 5. The van der Waals surface area contributed by atoms with Gasteiger partial charge in [0.15, 0.2) is 0 Å². The van der Waals surface area contributed by atoms with Gasteiger partial charge in [-0.05, 0) is 30.7 Å². The third-order valence-electron chi connectivity index (χ3n) is 7.84. The minimum absolute atomic E-state index is 0.105. The lowest BCUT2D eigenvalue weighted by Crippen LogP contribution is -2.43. The molecule has 0 saturated carbocycles. The summed E-state index contributed by atoms with van der Waals surface area (Å²) in [6.45, 7) is 6.66. The first-order valence-corrected chi connectivity index (χ1v) is 13.6. The number of rotatable bonds is 5. The van der Waals surface area contributed by atoms with Gasteiger partial charge in [0, 0.05) is 53.8 Å². The van der Waals surface area contributed by atoms with Gasteiger partial charge in [-0.15, -0.1) is 0 Å². The minimum Gasteiger partial charge on any atom is -0.380 e. The Morgan fingerprint density at radius 1 is 1.21 bits per heavy atom. The first-order valence-electron chi connectivity index (χ1n) is 13.2. The number of aryl methyl sites for hydroxylation is 1. The van der Waals surface area contributed by atoms with E-state index in [1.54, 1.807) is 22.8 Å². The monoisotopic (exact) mass is 550 g/mol. The van der Waals surface area contributed by atoms with Crippen LogP contribution in [0.4, 0.5) is 10.2 Å². The van der Waals surface area contributed by atoms with Crippen LogP contribution in [0.1, 0.15) is 30.8 Å². The molecule has 0 amide bonds. The van der Waals surface area contributed by atoms with Crippen LogP contribution in [-0.4, -0.2) is 57.2 Å². The van der Waals surface area contributed by atoms with Crippen molar-refractivity contribution < 1.29 is 13.9 Å². The molecule has 2 fully saturated rings. The number of fused-ring (bicyclic) bond motifs is 2. The third-order valence-corrected chi connectivity index (χ3v) is 8.07. The quantitative estimate of drug-likeness (QED) is 0.371. The highest BCUT2D eigenvalue weighted by atomic mass is 35.5. The van der Waals surface area contributed by atoms with Crippen LogP contribution in [0.15, 0.2) is 41.5 Å². The zero-order chi connectivity index (χ0) is 26.7. The van der Waals surface area contributed by atoms with Crippen molar-refractivity contribution in [1.29, 1.82) is 0 Å². The Hall–Kier alpha value is -3.34. The normalized spacial score (nSPS) is 20.3. The summed E-state index contributed by atoms with van der Waals surface area (Å²) in [5, 5.41) is 5.28. The van der Waals surface area contributed by atoms with Crippen LogP contribution in [0.2, 0.25) is 5.02 Å². The predicted octanol–water partition coefficient (Wildman–Crippen LogP) is 4.01. The summed E-state index contributed by atoms with van der Waals surface area (Å²) in [7, 11) is 0. The Balaban J connectivity index is 1.27. The molecule has 1 atom stereocenters. The largest absolute Gasteiger partial charge is 0.380 e. The fraction of sp³-hybridized carbons (Fsp3) is 0.429. The van der Waals surface area contributed by atoms with Gasteiger partial charge in [0.05, 0.1) is 37.9 Å². The van der Waals surface area contributed by atoms with Gasteiger partial charge < -0.3 is 14.4 Å². The van der Waals surface area contributed by atoms with Crippen LogP contribution < -0.4 is 10.5 Å². The van der Waals surface area contributed by atoms with Crippen LogP contribution in [0.5, 0.6) is 0 Å². The molecule has 0 bridgehead atoms. The second-order valence-corrected chi connectivity index (χ2v) is 11.5. The molecule has 3 aliphatic heterocycles. The summed E-state index contributed by atoms with van der Waals surface area (Å²) in [6.07, 6.45) is 5.22. The topological polar surface area (TPSA) is 87.3 Å². The van der Waals surface area contributed by atoms with Crippen molar-refractivity contribution in [3.63, 3.8) is 0 Å². The molecular formula is C28H28ClFN6O3. The summed E-state index contributed by atoms with van der Waals surface area (Å²) in [4.78, 5) is 25.3. The lowest BCUT2D eigenvalue weighted by Gasteiger charge is -2.37. The van der Waals surface area contributed by atoms with E-state index < -0.39 is 5.82 Å². The number of ether oxygens (including phenoxy) is 2. The van der Waals surface area contributed by atoms with E-state index in [0.29, 0.717) is 65.9 Å². The van der Waals surface area contributed by atoms with E-state index in [-0.39, 0.29) is 22.6 Å². The van der Waals surface area contributed by atoms with Gasteiger partial charge in [0.1, 0.15) is 34.8 Å². The number of hydrogen-bond acceptors (Lipinski definition) is 7. The second-order valence-electron chi connectivity index (χ2n) is 11.0. The molecule has 2 saturated heterocycles. The Morgan fingerprint density at radius 3 is 2.87 bits per heavy atom. The zero-order valence-corrected chi connectivity index (χ0v) is 22.3. The first-order chi connectivity index (χ1) is 18.9. The molecule has 202 valence electrons. The van der Waals surface area contributed by atoms with E-state index in [0.717, 1.165) is 31.7 Å². The maximum Gasteiger partial charge on any atom is 0.261 e. The van der Waals surface area contributed by atoms with Crippen molar-refractivity contribution in [2.75, 3.05) is 37.8 Å². The molecule has 0 radical (unpaired) electrons. The Labute approximate surface area is 229 Å². The van der Waals surface area contributed by atoms with Crippen LogP contribution in [0, 0.1) is 11.2 Å². The fourth-order valence-corrected chi connectivity index (χ4v) is 5.88. The average molecular weight is 551 g/mol. The van der Waals surface area contributed by atoms with Crippen molar-refractivity contribution in [3.8, 4) is 11.3 Å². The van der Waals surface area contributed by atoms with Crippen LogP contribution in [0.3, 0.4) is 0 Å². The molecule has 0 spiro atoms. The highest BCUT2D eigenvalue weighted by Crippen LogP contribution is 2.34. The number of anilines is 1. The maximum absolute atomic E-state index is 15.2. The van der Waals surface area contributed by atoms with Gasteiger partial charge in [-0.2, -0.15) is 5.10 Å². The van der Waals surface area contributed by atoms with E-state index in [2.05, 4.69) is 16.9 Å². The predicted molar refractivity (Wildman–Crippen MR) is 145 cm³/mol. The SMILES string of the molecule is CC1(Cn2cc([C@H]3CN(c4cc5c(=O)n6c(nc5c(-c5ccc(Cl)cc5F)n4)CCC6)CCO3)cn2)COC1. The van der Waals surface area contributed by atoms with Gasteiger partial charge in [0.25, 0.3) is 5.56 Å². The minimum atomic E-state index is -0.506. The molecule has 6 heterocycles. The average Bonchev–Trinajstić information content (AvgIpc) is 3.58. The number of morpholine rings is 1. The van der Waals surface area contributed by atoms with Crippen LogP contribution in [0.25, 0.3) is 22.2 Å². The van der Waals surface area contributed by atoms with E-state index in [1.165, 1.54) is 6.07 Å². The molecule has 1 aromatic carbocycles. The van der Waals surface area contributed by atoms with Gasteiger partial charge in [-0.3, -0.25) is 14.0 Å². The van der Waals surface area contributed by atoms with E-state index in [4.69, 9.17) is 31.0 Å². The van der Waals surface area contributed by atoms with E-state index in [1.807, 2.05) is 17.1 Å². The molecule has 9 nitrogen and oxygen atoms in total. The van der Waals surface area contributed by atoms with Crippen molar-refractivity contribution in [2.24, 2.45) is 5.41 Å². The number of hydrogen-bond donors (Lipinski definition) is 0. The smallest absolute Gasteiger partial charge is 0.261 e. The molecule has 4 aromatic rings. The van der Waals surface area contributed by atoms with Gasteiger partial charge in [0.2, 0.25) is 0 Å². The molecule has 7 rings (SSSR count). The third kappa shape index (κ3) is 4.40. The van der Waals surface area contributed by atoms with E-state index in [9.17, 15) is 4.79 Å². The molecule has 3 aliphatic rings. The van der Waals surface area contributed by atoms with Crippen molar-refractivity contribution in [3.05, 3.63) is 69.2 Å². The first kappa shape index (κ1) is 24.7. The van der Waals surface area contributed by atoms with Crippen molar-refractivity contribution >= 4 is 28.3 Å². The Morgan fingerprint density at radius 2 is 2.08 bits per heavy atom. The Kier molecular flexibility index (Phi) is 5.94. The number of benzene rings is 1. The number of pyridine rings is 1. The van der Waals surface area contributed by atoms with Crippen molar-refractivity contribution in [2.45, 2.75) is 39.0 Å². The molecule has 39 heavy (non-hydrogen) atoms. The maximum atomic E-state index is 15.2.